The van der Waals surface area contributed by atoms with Gasteiger partial charge in [0.15, 0.2) is 6.61 Å². The van der Waals surface area contributed by atoms with Crippen molar-refractivity contribution in [3.63, 3.8) is 0 Å². The number of carbonyl (C=O) groups excluding carboxylic acids is 2. The molecule has 1 atom stereocenters. The molecule has 5 nitrogen and oxygen atoms in total. The number of benzene rings is 3. The fourth-order valence-corrected chi connectivity index (χ4v) is 3.59. The molecule has 0 saturated heterocycles. The van der Waals surface area contributed by atoms with Gasteiger partial charge in [-0.25, -0.2) is 0 Å². The maximum Gasteiger partial charge on any atom is 0.261 e. The highest BCUT2D eigenvalue weighted by atomic mass is 35.5. The van der Waals surface area contributed by atoms with Gasteiger partial charge in [0.25, 0.3) is 5.91 Å². The molecule has 7 heteroatoms. The van der Waals surface area contributed by atoms with Gasteiger partial charge in [-0.05, 0) is 48.7 Å². The lowest BCUT2D eigenvalue weighted by molar-refractivity contribution is -0.142. The monoisotopic (exact) mass is 484 g/mol. The Bertz CT molecular complexity index is 1060. The van der Waals surface area contributed by atoms with Crippen LogP contribution in [0.2, 0.25) is 10.0 Å². The summed E-state index contributed by atoms with van der Waals surface area (Å²) in [6.07, 6.45) is 0.708. The Labute approximate surface area is 204 Å². The second-order valence-electron chi connectivity index (χ2n) is 7.57. The van der Waals surface area contributed by atoms with Crippen molar-refractivity contribution >= 4 is 35.0 Å². The van der Waals surface area contributed by atoms with Crippen LogP contribution in [0.4, 0.5) is 0 Å². The maximum atomic E-state index is 13.1. The zero-order valence-corrected chi connectivity index (χ0v) is 19.9. The molecule has 0 bridgehead atoms. The van der Waals surface area contributed by atoms with E-state index in [1.165, 1.54) is 4.90 Å². The van der Waals surface area contributed by atoms with Gasteiger partial charge in [-0.3, -0.25) is 9.59 Å². The third kappa shape index (κ3) is 7.52. The Kier molecular flexibility index (Phi) is 9.16. The summed E-state index contributed by atoms with van der Waals surface area (Å²) in [5.41, 5.74) is 1.99. The van der Waals surface area contributed by atoms with E-state index >= 15 is 0 Å². The standard InChI is InChI=1S/C26H26Cl2N2O3/c1-19(26(32)29-16-15-20-7-3-2-4-8-20)30(17-21-11-13-22(27)14-12-21)25(31)18-33-24-10-6-5-9-23(24)28/h2-14,19H,15-18H2,1H3,(H,29,32)/t19-/m0/s1. The summed E-state index contributed by atoms with van der Waals surface area (Å²) < 4.78 is 5.63. The van der Waals surface area contributed by atoms with Gasteiger partial charge in [0, 0.05) is 18.1 Å². The molecule has 33 heavy (non-hydrogen) atoms. The van der Waals surface area contributed by atoms with E-state index in [1.807, 2.05) is 42.5 Å². The van der Waals surface area contributed by atoms with E-state index < -0.39 is 6.04 Å². The van der Waals surface area contributed by atoms with Gasteiger partial charge in [-0.1, -0.05) is 77.8 Å². The molecule has 0 saturated carbocycles. The van der Waals surface area contributed by atoms with Gasteiger partial charge in [-0.2, -0.15) is 0 Å². The van der Waals surface area contributed by atoms with Crippen LogP contribution < -0.4 is 10.1 Å². The minimum atomic E-state index is -0.696. The van der Waals surface area contributed by atoms with Crippen LogP contribution in [0.3, 0.4) is 0 Å². The van der Waals surface area contributed by atoms with Gasteiger partial charge >= 0.3 is 0 Å². The second kappa shape index (κ2) is 12.3. The predicted molar refractivity (Wildman–Crippen MR) is 132 cm³/mol. The normalized spacial score (nSPS) is 11.5. The molecule has 172 valence electrons. The van der Waals surface area contributed by atoms with Crippen LogP contribution in [-0.2, 0) is 22.6 Å². The Balaban J connectivity index is 1.66. The number of nitrogens with one attached hydrogen (secondary N) is 1. The zero-order valence-electron chi connectivity index (χ0n) is 18.3. The van der Waals surface area contributed by atoms with E-state index in [4.69, 9.17) is 27.9 Å². The zero-order chi connectivity index (χ0) is 23.6. The molecule has 0 aliphatic rings. The number of amides is 2. The van der Waals surface area contributed by atoms with Crippen molar-refractivity contribution in [1.82, 2.24) is 10.2 Å². The third-order valence-electron chi connectivity index (χ3n) is 5.18. The van der Waals surface area contributed by atoms with Crippen LogP contribution in [0.15, 0.2) is 78.9 Å². The molecule has 3 aromatic carbocycles. The number of hydrogen-bond donors (Lipinski definition) is 1. The molecule has 0 radical (unpaired) electrons. The Morgan fingerprint density at radius 1 is 0.909 bits per heavy atom. The van der Waals surface area contributed by atoms with Gasteiger partial charge in [0.1, 0.15) is 11.8 Å². The smallest absolute Gasteiger partial charge is 0.261 e. The van der Waals surface area contributed by atoms with Crippen LogP contribution in [0, 0.1) is 0 Å². The first-order valence-electron chi connectivity index (χ1n) is 10.7. The number of nitrogens with zero attached hydrogens (tertiary/aromatic N) is 1. The van der Waals surface area contributed by atoms with Crippen LogP contribution in [-0.4, -0.2) is 35.9 Å². The molecule has 0 aromatic heterocycles. The molecule has 0 heterocycles. The minimum Gasteiger partial charge on any atom is -0.482 e. The molecule has 1 N–H and O–H groups in total. The molecule has 3 aromatic rings. The van der Waals surface area contributed by atoms with E-state index in [0.29, 0.717) is 28.8 Å². The number of hydrogen-bond acceptors (Lipinski definition) is 3. The fraction of sp³-hybridized carbons (Fsp3) is 0.231. The molecular weight excluding hydrogens is 459 g/mol. The highest BCUT2D eigenvalue weighted by Crippen LogP contribution is 2.23. The predicted octanol–water partition coefficient (Wildman–Crippen LogP) is 5.15. The molecule has 3 rings (SSSR count). The molecule has 0 aliphatic heterocycles. The van der Waals surface area contributed by atoms with Crippen molar-refractivity contribution in [3.8, 4) is 5.75 Å². The first-order valence-corrected chi connectivity index (χ1v) is 11.4. The molecule has 0 spiro atoms. The van der Waals surface area contributed by atoms with E-state index in [1.54, 1.807) is 43.3 Å². The first kappa shape index (κ1) is 24.6. The number of rotatable bonds is 10. The lowest BCUT2D eigenvalue weighted by atomic mass is 10.1. The Hall–Kier alpha value is -3.02. The second-order valence-corrected chi connectivity index (χ2v) is 8.41. The quantitative estimate of drug-likeness (QED) is 0.432. The van der Waals surface area contributed by atoms with Crippen LogP contribution >= 0.6 is 23.2 Å². The third-order valence-corrected chi connectivity index (χ3v) is 5.74. The van der Waals surface area contributed by atoms with Gasteiger partial charge in [0.05, 0.1) is 5.02 Å². The highest BCUT2D eigenvalue weighted by Gasteiger charge is 2.26. The number of para-hydroxylation sites is 1. The summed E-state index contributed by atoms with van der Waals surface area (Å²) in [4.78, 5) is 27.5. The minimum absolute atomic E-state index is 0.231. The largest absolute Gasteiger partial charge is 0.482 e. The SMILES string of the molecule is C[C@@H](C(=O)NCCc1ccccc1)N(Cc1ccc(Cl)cc1)C(=O)COc1ccccc1Cl. The number of ether oxygens (including phenoxy) is 1. The highest BCUT2D eigenvalue weighted by molar-refractivity contribution is 6.32. The van der Waals surface area contributed by atoms with Crippen molar-refractivity contribution in [2.45, 2.75) is 25.9 Å². The molecule has 0 aliphatic carbocycles. The summed E-state index contributed by atoms with van der Waals surface area (Å²) in [5, 5.41) is 3.95. The number of carbonyl (C=O) groups is 2. The Morgan fingerprint density at radius 2 is 1.58 bits per heavy atom. The van der Waals surface area contributed by atoms with Gasteiger partial charge in [0.2, 0.25) is 5.91 Å². The summed E-state index contributed by atoms with van der Waals surface area (Å²) in [6, 6.07) is 23.3. The topological polar surface area (TPSA) is 58.6 Å². The van der Waals surface area contributed by atoms with Crippen molar-refractivity contribution in [2.24, 2.45) is 0 Å². The summed E-state index contributed by atoms with van der Waals surface area (Å²) >= 11 is 12.1. The van der Waals surface area contributed by atoms with Crippen molar-refractivity contribution in [3.05, 3.63) is 100 Å². The van der Waals surface area contributed by atoms with Crippen molar-refractivity contribution in [1.29, 1.82) is 0 Å². The summed E-state index contributed by atoms with van der Waals surface area (Å²) in [6.45, 7) is 2.20. The average Bonchev–Trinajstić information content (AvgIpc) is 2.83. The average molecular weight is 485 g/mol. The van der Waals surface area contributed by atoms with Crippen LogP contribution in [0.1, 0.15) is 18.1 Å². The molecule has 0 fully saturated rings. The first-order chi connectivity index (χ1) is 15.9. The Morgan fingerprint density at radius 3 is 2.27 bits per heavy atom. The summed E-state index contributed by atoms with van der Waals surface area (Å²) in [7, 11) is 0. The van der Waals surface area contributed by atoms with E-state index in [-0.39, 0.29) is 25.0 Å². The van der Waals surface area contributed by atoms with E-state index in [9.17, 15) is 9.59 Å². The number of halogens is 2. The van der Waals surface area contributed by atoms with Gasteiger partial charge in [-0.15, -0.1) is 0 Å². The fourth-order valence-electron chi connectivity index (χ4n) is 3.28. The lowest BCUT2D eigenvalue weighted by Gasteiger charge is -2.29. The molecule has 0 unspecified atom stereocenters. The molecule has 2 amide bonds. The van der Waals surface area contributed by atoms with Crippen LogP contribution in [0.5, 0.6) is 5.75 Å². The van der Waals surface area contributed by atoms with Crippen molar-refractivity contribution < 1.29 is 14.3 Å². The van der Waals surface area contributed by atoms with Crippen LogP contribution in [0.25, 0.3) is 0 Å². The van der Waals surface area contributed by atoms with Crippen molar-refractivity contribution in [2.75, 3.05) is 13.2 Å². The van der Waals surface area contributed by atoms with E-state index in [0.717, 1.165) is 11.1 Å². The maximum absolute atomic E-state index is 13.1. The lowest BCUT2D eigenvalue weighted by Crippen LogP contribution is -2.49. The van der Waals surface area contributed by atoms with Gasteiger partial charge < -0.3 is 15.0 Å². The summed E-state index contributed by atoms with van der Waals surface area (Å²) in [5.74, 6) is -0.138. The van der Waals surface area contributed by atoms with E-state index in [2.05, 4.69) is 5.32 Å². The molecular formula is C26H26Cl2N2O3.